The quantitative estimate of drug-likeness (QED) is 0.308. The van der Waals surface area contributed by atoms with Crippen molar-refractivity contribution in [1.82, 2.24) is 0 Å². The van der Waals surface area contributed by atoms with Gasteiger partial charge in [-0.25, -0.2) is 0 Å². The topological polar surface area (TPSA) is 0 Å². The average molecular weight is 303 g/mol. The average Bonchev–Trinajstić information content (AvgIpc) is 2.36. The van der Waals surface area contributed by atoms with Crippen molar-refractivity contribution in [3.8, 4) is 0 Å². The van der Waals surface area contributed by atoms with E-state index in [4.69, 9.17) is 0 Å². The Hall–Kier alpha value is 0.259. The number of hydrogen-bond donors (Lipinski definition) is 0. The Balaban J connectivity index is 3.46. The van der Waals surface area contributed by atoms with Crippen LogP contribution in [0.4, 0.5) is 0 Å². The number of unbranched alkanes of at least 4 members (excludes halogenated alkanes) is 6. The molecule has 0 unspecified atom stereocenters. The minimum absolute atomic E-state index is 0.781. The summed E-state index contributed by atoms with van der Waals surface area (Å²) in [6.45, 7) is 6.89. The molecule has 0 fully saturated rings. The van der Waals surface area contributed by atoms with Crippen molar-refractivity contribution in [2.45, 2.75) is 90.3 Å². The van der Waals surface area contributed by atoms with E-state index in [1.165, 1.54) is 69.5 Å². The summed E-state index contributed by atoms with van der Waals surface area (Å²) in [5, 5.41) is 1.45. The molecule has 0 aliphatic heterocycles. The predicted octanol–water partition coefficient (Wildman–Crippen LogP) is 5.95. The number of hydrogen-bond acceptors (Lipinski definition) is 0. The van der Waals surface area contributed by atoms with Crippen LogP contribution in [0.15, 0.2) is 10.5 Å². The molecule has 0 aliphatic carbocycles. The molecule has 0 rings (SSSR count). The first-order valence-corrected chi connectivity index (χ1v) is 9.84. The van der Waals surface area contributed by atoms with Crippen molar-refractivity contribution in [3.63, 3.8) is 0 Å². The van der Waals surface area contributed by atoms with Crippen molar-refractivity contribution in [2.75, 3.05) is 0 Å². The van der Waals surface area contributed by atoms with E-state index in [1.54, 1.807) is 5.57 Å². The summed E-state index contributed by atoms with van der Waals surface area (Å²) in [4.78, 5) is 2.58. The fourth-order valence-electron chi connectivity index (χ4n) is 1.86. The van der Waals surface area contributed by atoms with Gasteiger partial charge in [0.1, 0.15) is 0 Å². The Morgan fingerprint density at radius 1 is 0.824 bits per heavy atom. The van der Waals surface area contributed by atoms with Crippen LogP contribution in [0.25, 0.3) is 0 Å². The van der Waals surface area contributed by atoms with Crippen LogP contribution in [0.2, 0.25) is 5.32 Å². The van der Waals surface area contributed by atoms with Gasteiger partial charge in [0.2, 0.25) is 0 Å². The normalized spacial score (nSPS) is 12.1. The summed E-state index contributed by atoms with van der Waals surface area (Å²) in [7, 11) is 0. The van der Waals surface area contributed by atoms with E-state index in [0.29, 0.717) is 0 Å². The van der Waals surface area contributed by atoms with E-state index in [0.717, 1.165) is 15.0 Å². The van der Waals surface area contributed by atoms with Crippen LogP contribution in [0.5, 0.6) is 0 Å². The van der Waals surface area contributed by atoms with E-state index >= 15 is 0 Å². The third-order valence-corrected chi connectivity index (χ3v) is 5.32. The third kappa shape index (κ3) is 12.5. The summed E-state index contributed by atoms with van der Waals surface area (Å²) in [5.74, 6) is 0. The van der Waals surface area contributed by atoms with Crippen LogP contribution in [0, 0.1) is 0 Å². The molecule has 0 aromatic heterocycles. The van der Waals surface area contributed by atoms with Gasteiger partial charge in [-0.2, -0.15) is 0 Å². The molecule has 0 aromatic rings. The van der Waals surface area contributed by atoms with Crippen molar-refractivity contribution >= 4 is 15.0 Å². The van der Waals surface area contributed by atoms with Crippen LogP contribution in [0.3, 0.4) is 0 Å². The van der Waals surface area contributed by atoms with Crippen LogP contribution in [-0.2, 0) is 0 Å². The molecule has 0 amide bonds. The molecule has 0 atom stereocenters. The fourth-order valence-corrected chi connectivity index (χ4v) is 4.15. The minimum atomic E-state index is 0.781. The Morgan fingerprint density at radius 2 is 1.47 bits per heavy atom. The van der Waals surface area contributed by atoms with Gasteiger partial charge in [-0.15, -0.1) is 0 Å². The molecule has 0 radical (unpaired) electrons. The monoisotopic (exact) mass is 304 g/mol. The maximum absolute atomic E-state index is 2.58. The molecule has 1 heteroatoms. The van der Waals surface area contributed by atoms with Crippen LogP contribution in [-0.4, -0.2) is 15.0 Å². The molecular weight excluding hydrogens is 271 g/mol. The van der Waals surface area contributed by atoms with Gasteiger partial charge in [0.25, 0.3) is 0 Å². The molecule has 0 nitrogen and oxygen atoms in total. The van der Waals surface area contributed by atoms with Gasteiger partial charge in [-0.3, -0.25) is 0 Å². The van der Waals surface area contributed by atoms with Crippen LogP contribution in [0.1, 0.15) is 85.0 Å². The Kier molecular flexibility index (Phi) is 14.5. The molecule has 0 bridgehead atoms. The van der Waals surface area contributed by atoms with Gasteiger partial charge < -0.3 is 0 Å². The van der Waals surface area contributed by atoms with Crippen molar-refractivity contribution < 1.29 is 0 Å². The molecule has 0 saturated carbocycles. The first kappa shape index (κ1) is 17.3. The van der Waals surface area contributed by atoms with Gasteiger partial charge >= 0.3 is 116 Å². The van der Waals surface area contributed by atoms with E-state index in [1.807, 2.05) is 0 Å². The van der Waals surface area contributed by atoms with Gasteiger partial charge in [-0.05, 0) is 0 Å². The Bertz CT molecular complexity index is 172. The first-order valence-electron chi connectivity index (χ1n) is 7.64. The van der Waals surface area contributed by atoms with Gasteiger partial charge in [0.05, 0.1) is 0 Å². The summed E-state index contributed by atoms with van der Waals surface area (Å²) in [6, 6.07) is 0. The predicted molar refractivity (Wildman–Crippen MR) is 81.8 cm³/mol. The van der Waals surface area contributed by atoms with Gasteiger partial charge in [0, 0.05) is 0 Å². The second-order valence-electron chi connectivity index (χ2n) is 4.87. The standard InChI is InChI=1S/C16H32Se/c1-4-7-9-10-11-12-13-16(6-3)15-17-14-8-5-2/h15H,4-14H2,1-3H3/b16-15+. The third-order valence-electron chi connectivity index (χ3n) is 3.17. The molecule has 0 N–H and O–H groups in total. The number of allylic oxidation sites excluding steroid dienone is 1. The van der Waals surface area contributed by atoms with Crippen molar-refractivity contribution in [1.29, 1.82) is 0 Å². The molecule has 0 aliphatic rings. The molecule has 17 heavy (non-hydrogen) atoms. The summed E-state index contributed by atoms with van der Waals surface area (Å²) >= 11 is 0.781. The Morgan fingerprint density at radius 3 is 2.12 bits per heavy atom. The first-order chi connectivity index (χ1) is 8.35. The Labute approximate surface area is 116 Å². The van der Waals surface area contributed by atoms with E-state index in [-0.39, 0.29) is 0 Å². The van der Waals surface area contributed by atoms with E-state index in [9.17, 15) is 0 Å². The second-order valence-corrected chi connectivity index (χ2v) is 6.92. The fraction of sp³-hybridized carbons (Fsp3) is 0.875. The molecule has 0 heterocycles. The zero-order valence-corrected chi connectivity index (χ0v) is 14.0. The zero-order chi connectivity index (χ0) is 12.8. The summed E-state index contributed by atoms with van der Waals surface area (Å²) in [5.41, 5.74) is 1.73. The molecule has 0 aromatic carbocycles. The van der Waals surface area contributed by atoms with Crippen molar-refractivity contribution in [2.24, 2.45) is 0 Å². The second kappa shape index (κ2) is 14.3. The molecular formula is C16H32Se. The maximum atomic E-state index is 2.58. The van der Waals surface area contributed by atoms with E-state index < -0.39 is 0 Å². The van der Waals surface area contributed by atoms with Crippen molar-refractivity contribution in [3.05, 3.63) is 10.5 Å². The van der Waals surface area contributed by atoms with E-state index in [2.05, 4.69) is 25.7 Å². The van der Waals surface area contributed by atoms with Gasteiger partial charge in [0.15, 0.2) is 0 Å². The zero-order valence-electron chi connectivity index (χ0n) is 12.3. The molecule has 0 spiro atoms. The summed E-state index contributed by atoms with van der Waals surface area (Å²) in [6.07, 6.45) is 14.0. The summed E-state index contributed by atoms with van der Waals surface area (Å²) < 4.78 is 0. The SMILES string of the molecule is CCCCCCCC/C(=C/[Se]CCCC)CC. The van der Waals surface area contributed by atoms with Crippen LogP contribution >= 0.6 is 0 Å². The number of rotatable bonds is 12. The van der Waals surface area contributed by atoms with Gasteiger partial charge in [-0.1, -0.05) is 0 Å². The van der Waals surface area contributed by atoms with Crippen LogP contribution < -0.4 is 0 Å². The molecule has 102 valence electrons. The molecule has 0 saturated heterocycles.